The Morgan fingerprint density at radius 3 is 2.42 bits per heavy atom. The van der Waals surface area contributed by atoms with Crippen LogP contribution < -0.4 is 15.4 Å². The molecule has 0 unspecified atom stereocenters. The van der Waals surface area contributed by atoms with Crippen molar-refractivity contribution in [3.8, 4) is 17.2 Å². The Labute approximate surface area is 110 Å². The lowest BCUT2D eigenvalue weighted by molar-refractivity contribution is -0.179. The van der Waals surface area contributed by atoms with Gasteiger partial charge in [0.05, 0.1) is 12.7 Å². The first-order valence-electron chi connectivity index (χ1n) is 5.58. The molecule has 0 atom stereocenters. The minimum atomic E-state index is -0.604. The second-order valence-corrected chi connectivity index (χ2v) is 3.66. The van der Waals surface area contributed by atoms with Crippen molar-refractivity contribution in [3.63, 3.8) is 0 Å². The summed E-state index contributed by atoms with van der Waals surface area (Å²) in [4.78, 5) is 21.0. The second kappa shape index (κ2) is 5.88. The van der Waals surface area contributed by atoms with Crippen molar-refractivity contribution in [2.75, 3.05) is 7.11 Å². The fourth-order valence-corrected chi connectivity index (χ4v) is 1.58. The van der Waals surface area contributed by atoms with Gasteiger partial charge in [0.25, 0.3) is 5.91 Å². The smallest absolute Gasteiger partial charge is 0.252 e. The van der Waals surface area contributed by atoms with Crippen molar-refractivity contribution in [1.29, 1.82) is 0 Å². The number of primary amides is 1. The maximum absolute atomic E-state index is 11.4. The zero-order valence-electron chi connectivity index (χ0n) is 10.3. The van der Waals surface area contributed by atoms with Crippen LogP contribution >= 0.6 is 0 Å². The Balaban J connectivity index is 2.43. The van der Waals surface area contributed by atoms with Gasteiger partial charge >= 0.3 is 0 Å². The molecule has 0 heterocycles. The molecule has 0 aliphatic heterocycles. The summed E-state index contributed by atoms with van der Waals surface area (Å²) in [7, 11) is 1.36. The maximum atomic E-state index is 11.4. The predicted molar refractivity (Wildman–Crippen MR) is 69.1 cm³/mol. The Morgan fingerprint density at radius 1 is 1.05 bits per heavy atom. The lowest BCUT2D eigenvalue weighted by Gasteiger charge is -2.12. The highest BCUT2D eigenvalue weighted by molar-refractivity contribution is 5.96. The molecular formula is C14H13NO4. The topological polar surface area (TPSA) is 70.8 Å². The summed E-state index contributed by atoms with van der Waals surface area (Å²) in [6, 6.07) is 13.8. The molecule has 0 spiro atoms. The Hall–Kier alpha value is -2.53. The van der Waals surface area contributed by atoms with E-state index in [1.54, 1.807) is 30.3 Å². The van der Waals surface area contributed by atoms with Crippen molar-refractivity contribution >= 4 is 5.91 Å². The number of amides is 1. The van der Waals surface area contributed by atoms with Crippen LogP contribution in [0.2, 0.25) is 0 Å². The molecule has 0 radical (unpaired) electrons. The van der Waals surface area contributed by atoms with Crippen LogP contribution in [0.15, 0.2) is 48.5 Å². The summed E-state index contributed by atoms with van der Waals surface area (Å²) >= 11 is 0. The summed E-state index contributed by atoms with van der Waals surface area (Å²) in [5, 5.41) is 0. The number of carbonyl (C=O) groups excluding carboxylic acids is 1. The first-order chi connectivity index (χ1) is 9.22. The van der Waals surface area contributed by atoms with Crippen LogP contribution in [0.1, 0.15) is 10.4 Å². The molecule has 0 fully saturated rings. The number of hydrogen-bond acceptors (Lipinski definition) is 4. The summed E-state index contributed by atoms with van der Waals surface area (Å²) in [5.41, 5.74) is 5.54. The third kappa shape index (κ3) is 3.02. The molecule has 5 nitrogen and oxygen atoms in total. The number of nitrogens with two attached hydrogens (primary N) is 1. The van der Waals surface area contributed by atoms with Gasteiger partial charge in [-0.2, -0.15) is 4.89 Å². The van der Waals surface area contributed by atoms with Crippen molar-refractivity contribution in [1.82, 2.24) is 0 Å². The van der Waals surface area contributed by atoms with Gasteiger partial charge in [0.15, 0.2) is 5.75 Å². The molecule has 5 heteroatoms. The molecule has 0 aliphatic rings. The zero-order valence-corrected chi connectivity index (χ0v) is 10.3. The maximum Gasteiger partial charge on any atom is 0.252 e. The summed E-state index contributed by atoms with van der Waals surface area (Å²) < 4.78 is 5.65. The van der Waals surface area contributed by atoms with Gasteiger partial charge in [-0.25, -0.2) is 0 Å². The van der Waals surface area contributed by atoms with E-state index in [4.69, 9.17) is 15.4 Å². The van der Waals surface area contributed by atoms with Crippen molar-refractivity contribution < 1.29 is 19.3 Å². The Morgan fingerprint density at radius 2 is 1.79 bits per heavy atom. The Kier molecular flexibility index (Phi) is 4.00. The van der Waals surface area contributed by atoms with Gasteiger partial charge in [-0.05, 0) is 24.3 Å². The van der Waals surface area contributed by atoms with E-state index in [-0.39, 0.29) is 17.1 Å². The van der Waals surface area contributed by atoms with Crippen LogP contribution in [0, 0.1) is 0 Å². The van der Waals surface area contributed by atoms with E-state index in [2.05, 4.69) is 4.89 Å². The minimum absolute atomic E-state index is 0.221. The van der Waals surface area contributed by atoms with E-state index in [9.17, 15) is 4.79 Å². The first-order valence-corrected chi connectivity index (χ1v) is 5.58. The number of ether oxygens (including phenoxy) is 1. The standard InChI is InChI=1S/C14H13NO4/c1-17-19-12-9-5-8-11(14(15)16)13(12)18-10-6-3-2-4-7-10/h2-9H,1H3,(H2,15,16). The molecule has 2 aromatic rings. The normalized spacial score (nSPS) is 9.95. The summed E-state index contributed by atoms with van der Waals surface area (Å²) in [6.45, 7) is 0. The summed E-state index contributed by atoms with van der Waals surface area (Å²) in [5.74, 6) is 0.468. The fourth-order valence-electron chi connectivity index (χ4n) is 1.58. The average molecular weight is 259 g/mol. The highest BCUT2D eigenvalue weighted by atomic mass is 17.2. The third-order valence-electron chi connectivity index (χ3n) is 2.38. The molecule has 19 heavy (non-hydrogen) atoms. The second-order valence-electron chi connectivity index (χ2n) is 3.66. The third-order valence-corrected chi connectivity index (χ3v) is 2.38. The monoisotopic (exact) mass is 259 g/mol. The molecule has 98 valence electrons. The van der Waals surface area contributed by atoms with Crippen molar-refractivity contribution in [2.24, 2.45) is 5.73 Å². The summed E-state index contributed by atoms with van der Waals surface area (Å²) in [6.07, 6.45) is 0. The highest BCUT2D eigenvalue weighted by Gasteiger charge is 2.16. The lowest BCUT2D eigenvalue weighted by atomic mass is 10.1. The predicted octanol–water partition coefficient (Wildman–Crippen LogP) is 2.52. The number of carbonyl (C=O) groups is 1. The lowest BCUT2D eigenvalue weighted by Crippen LogP contribution is -2.12. The number of rotatable bonds is 5. The van der Waals surface area contributed by atoms with E-state index in [1.165, 1.54) is 7.11 Å². The van der Waals surface area contributed by atoms with E-state index in [0.29, 0.717) is 5.75 Å². The van der Waals surface area contributed by atoms with Crippen LogP contribution in [0.3, 0.4) is 0 Å². The SMILES string of the molecule is COOc1cccc(C(N)=O)c1Oc1ccccc1. The van der Waals surface area contributed by atoms with Crippen LogP contribution in [0.5, 0.6) is 17.2 Å². The molecule has 0 bridgehead atoms. The Bertz CT molecular complexity index is 569. The van der Waals surface area contributed by atoms with Gasteiger partial charge in [0.1, 0.15) is 5.75 Å². The molecule has 2 aromatic carbocycles. The fraction of sp³-hybridized carbons (Fsp3) is 0.0714. The van der Waals surface area contributed by atoms with E-state index in [0.717, 1.165) is 0 Å². The quantitative estimate of drug-likeness (QED) is 0.661. The number of para-hydroxylation sites is 2. The molecule has 2 N–H and O–H groups in total. The zero-order chi connectivity index (χ0) is 13.7. The van der Waals surface area contributed by atoms with E-state index < -0.39 is 5.91 Å². The largest absolute Gasteiger partial charge is 0.452 e. The number of hydrogen-bond donors (Lipinski definition) is 1. The van der Waals surface area contributed by atoms with E-state index in [1.807, 2.05) is 18.2 Å². The van der Waals surface area contributed by atoms with Crippen LogP contribution in [-0.4, -0.2) is 13.0 Å². The molecule has 0 saturated carbocycles. The van der Waals surface area contributed by atoms with Crippen LogP contribution in [0.25, 0.3) is 0 Å². The first kappa shape index (κ1) is 12.9. The molecular weight excluding hydrogens is 246 g/mol. The average Bonchev–Trinajstić information content (AvgIpc) is 2.42. The molecule has 0 aromatic heterocycles. The van der Waals surface area contributed by atoms with Gasteiger partial charge in [-0.15, -0.1) is 0 Å². The molecule has 2 rings (SSSR count). The highest BCUT2D eigenvalue weighted by Crippen LogP contribution is 2.35. The van der Waals surface area contributed by atoms with Gasteiger partial charge in [0, 0.05) is 0 Å². The molecule has 1 amide bonds. The van der Waals surface area contributed by atoms with Gasteiger partial charge < -0.3 is 15.4 Å². The van der Waals surface area contributed by atoms with Crippen molar-refractivity contribution in [3.05, 3.63) is 54.1 Å². The van der Waals surface area contributed by atoms with Crippen molar-refractivity contribution in [2.45, 2.75) is 0 Å². The van der Waals surface area contributed by atoms with Crippen LogP contribution in [0.4, 0.5) is 0 Å². The minimum Gasteiger partial charge on any atom is -0.452 e. The van der Waals surface area contributed by atoms with Gasteiger partial charge in [0.2, 0.25) is 5.75 Å². The number of benzene rings is 2. The van der Waals surface area contributed by atoms with Gasteiger partial charge in [-0.1, -0.05) is 24.3 Å². The molecule has 0 aliphatic carbocycles. The van der Waals surface area contributed by atoms with E-state index >= 15 is 0 Å². The van der Waals surface area contributed by atoms with Crippen LogP contribution in [-0.2, 0) is 4.89 Å². The van der Waals surface area contributed by atoms with Gasteiger partial charge in [-0.3, -0.25) is 4.79 Å². The molecule has 0 saturated heterocycles.